The maximum Gasteiger partial charge on any atom is 0.0534 e. The van der Waals surface area contributed by atoms with E-state index >= 15 is 0 Å². The van der Waals surface area contributed by atoms with Gasteiger partial charge in [0.25, 0.3) is 0 Å². The molecule has 2 N–H and O–H groups in total. The maximum atomic E-state index is 3.99. The van der Waals surface area contributed by atoms with Gasteiger partial charge in [0.05, 0.1) is 6.20 Å². The van der Waals surface area contributed by atoms with Crippen molar-refractivity contribution >= 4 is 0 Å². The van der Waals surface area contributed by atoms with Crippen molar-refractivity contribution in [1.29, 1.82) is 0 Å². The van der Waals surface area contributed by atoms with Gasteiger partial charge in [-0.3, -0.25) is 5.10 Å². The van der Waals surface area contributed by atoms with Crippen molar-refractivity contribution in [2.75, 3.05) is 0 Å². The Morgan fingerprint density at radius 3 is 2.69 bits per heavy atom. The first-order chi connectivity index (χ1) is 7.57. The molecule has 1 heterocycles. The van der Waals surface area contributed by atoms with Crippen molar-refractivity contribution in [2.45, 2.75) is 58.5 Å². The smallest absolute Gasteiger partial charge is 0.0534 e. The molecule has 0 aliphatic heterocycles. The Kier molecular flexibility index (Phi) is 3.33. The summed E-state index contributed by atoms with van der Waals surface area (Å²) in [5.74, 6) is 0. The Morgan fingerprint density at radius 2 is 2.12 bits per heavy atom. The summed E-state index contributed by atoms with van der Waals surface area (Å²) in [6, 6.07) is 1.09. The molecule has 3 heteroatoms. The molecule has 1 aliphatic rings. The zero-order valence-corrected chi connectivity index (χ0v) is 10.6. The van der Waals surface area contributed by atoms with E-state index in [1.54, 1.807) is 0 Å². The van der Waals surface area contributed by atoms with E-state index in [1.165, 1.54) is 31.2 Å². The van der Waals surface area contributed by atoms with Crippen LogP contribution in [0.1, 0.15) is 58.1 Å². The first-order valence-electron chi connectivity index (χ1n) is 6.31. The lowest BCUT2D eigenvalue weighted by Crippen LogP contribution is -2.36. The van der Waals surface area contributed by atoms with Crippen LogP contribution in [0.4, 0.5) is 0 Å². The summed E-state index contributed by atoms with van der Waals surface area (Å²) in [6.45, 7) is 6.97. The lowest BCUT2D eigenvalue weighted by Gasteiger charge is -2.35. The molecule has 1 atom stereocenters. The Bertz CT molecular complexity index is 306. The van der Waals surface area contributed by atoms with Crippen LogP contribution in [0.25, 0.3) is 0 Å². The summed E-state index contributed by atoms with van der Waals surface area (Å²) < 4.78 is 0. The van der Waals surface area contributed by atoms with Crippen LogP contribution in [0.3, 0.4) is 0 Å². The Hall–Kier alpha value is -0.830. The van der Waals surface area contributed by atoms with E-state index < -0.39 is 0 Å². The molecule has 1 aliphatic carbocycles. The van der Waals surface area contributed by atoms with Gasteiger partial charge in [0.1, 0.15) is 0 Å². The highest BCUT2D eigenvalue weighted by Gasteiger charge is 2.27. The van der Waals surface area contributed by atoms with Crippen LogP contribution in [0, 0.1) is 5.41 Å². The van der Waals surface area contributed by atoms with Gasteiger partial charge in [-0.05, 0) is 38.0 Å². The minimum absolute atomic E-state index is 0.407. The van der Waals surface area contributed by atoms with Crippen molar-refractivity contribution in [2.24, 2.45) is 5.41 Å². The van der Waals surface area contributed by atoms with Gasteiger partial charge >= 0.3 is 0 Å². The van der Waals surface area contributed by atoms with Crippen LogP contribution in [0.5, 0.6) is 0 Å². The van der Waals surface area contributed by atoms with Crippen molar-refractivity contribution in [3.63, 3.8) is 0 Å². The Labute approximate surface area is 98.0 Å². The summed E-state index contributed by atoms with van der Waals surface area (Å²) in [6.07, 6.45) is 9.16. The average molecular weight is 221 g/mol. The molecule has 0 saturated heterocycles. The molecule has 2 rings (SSSR count). The number of hydrogen-bond acceptors (Lipinski definition) is 2. The zero-order valence-electron chi connectivity index (χ0n) is 10.6. The summed E-state index contributed by atoms with van der Waals surface area (Å²) in [5.41, 5.74) is 1.81. The number of aromatic amines is 1. The second-order valence-corrected chi connectivity index (χ2v) is 5.86. The number of hydrogen-bond donors (Lipinski definition) is 2. The normalized spacial score (nSPS) is 23.2. The molecule has 0 radical (unpaired) electrons. The minimum atomic E-state index is 0.407. The number of H-pyrrole nitrogens is 1. The van der Waals surface area contributed by atoms with Crippen LogP contribution in [0.15, 0.2) is 12.4 Å². The fourth-order valence-electron chi connectivity index (χ4n) is 2.51. The van der Waals surface area contributed by atoms with Gasteiger partial charge in [-0.2, -0.15) is 5.10 Å². The lowest BCUT2D eigenvalue weighted by atomic mass is 9.75. The largest absolute Gasteiger partial charge is 0.307 e. The highest BCUT2D eigenvalue weighted by Crippen LogP contribution is 2.35. The van der Waals surface area contributed by atoms with Gasteiger partial charge in [-0.15, -0.1) is 0 Å². The predicted molar refractivity (Wildman–Crippen MR) is 66.2 cm³/mol. The van der Waals surface area contributed by atoms with E-state index in [4.69, 9.17) is 0 Å². The third-order valence-corrected chi connectivity index (χ3v) is 3.84. The zero-order chi connectivity index (χ0) is 11.6. The molecule has 0 amide bonds. The monoisotopic (exact) mass is 221 g/mol. The van der Waals surface area contributed by atoms with Crippen LogP contribution >= 0.6 is 0 Å². The summed E-state index contributed by atoms with van der Waals surface area (Å²) >= 11 is 0. The van der Waals surface area contributed by atoms with E-state index in [1.807, 2.05) is 12.4 Å². The van der Waals surface area contributed by atoms with Gasteiger partial charge in [0, 0.05) is 23.8 Å². The van der Waals surface area contributed by atoms with Crippen LogP contribution in [0.2, 0.25) is 0 Å². The quantitative estimate of drug-likeness (QED) is 0.823. The van der Waals surface area contributed by atoms with Crippen molar-refractivity contribution in [1.82, 2.24) is 15.5 Å². The van der Waals surface area contributed by atoms with Gasteiger partial charge in [0.2, 0.25) is 0 Å². The van der Waals surface area contributed by atoms with Gasteiger partial charge in [-0.1, -0.05) is 13.8 Å². The molecule has 0 aromatic carbocycles. The number of aromatic nitrogens is 2. The second kappa shape index (κ2) is 4.58. The van der Waals surface area contributed by atoms with Crippen LogP contribution in [-0.4, -0.2) is 16.2 Å². The fraction of sp³-hybridized carbons (Fsp3) is 0.769. The lowest BCUT2D eigenvalue weighted by molar-refractivity contribution is 0.200. The maximum absolute atomic E-state index is 3.99. The molecule has 1 saturated carbocycles. The van der Waals surface area contributed by atoms with E-state index in [0.29, 0.717) is 17.5 Å². The molecular formula is C13H23N3. The standard InChI is InChI=1S/C13H23N3/c1-10(11-8-14-15-9-11)16-12-4-6-13(2,3)7-5-12/h8-10,12,16H,4-7H2,1-3H3,(H,14,15). The number of nitrogens with one attached hydrogen (secondary N) is 2. The van der Waals surface area contributed by atoms with Crippen molar-refractivity contribution in [3.05, 3.63) is 18.0 Å². The van der Waals surface area contributed by atoms with Crippen LogP contribution < -0.4 is 5.32 Å². The molecule has 1 fully saturated rings. The number of nitrogens with zero attached hydrogens (tertiary/aromatic N) is 1. The molecule has 16 heavy (non-hydrogen) atoms. The fourth-order valence-corrected chi connectivity index (χ4v) is 2.51. The first kappa shape index (κ1) is 11.6. The Morgan fingerprint density at radius 1 is 1.44 bits per heavy atom. The number of rotatable bonds is 3. The Balaban J connectivity index is 1.83. The van der Waals surface area contributed by atoms with Crippen molar-refractivity contribution < 1.29 is 0 Å². The van der Waals surface area contributed by atoms with Gasteiger partial charge in [-0.25, -0.2) is 0 Å². The van der Waals surface area contributed by atoms with E-state index in [0.717, 1.165) is 0 Å². The highest BCUT2D eigenvalue weighted by atomic mass is 15.1. The third kappa shape index (κ3) is 2.85. The molecule has 0 spiro atoms. The predicted octanol–water partition coefficient (Wildman–Crippen LogP) is 3.03. The molecule has 0 bridgehead atoms. The molecule has 1 aromatic heterocycles. The third-order valence-electron chi connectivity index (χ3n) is 3.84. The SMILES string of the molecule is CC(NC1CCC(C)(C)CC1)c1cn[nH]c1. The van der Waals surface area contributed by atoms with E-state index in [-0.39, 0.29) is 0 Å². The summed E-state index contributed by atoms with van der Waals surface area (Å²) in [7, 11) is 0. The summed E-state index contributed by atoms with van der Waals surface area (Å²) in [4.78, 5) is 0. The molecule has 90 valence electrons. The highest BCUT2D eigenvalue weighted by molar-refractivity contribution is 5.08. The van der Waals surface area contributed by atoms with E-state index in [2.05, 4.69) is 36.3 Å². The van der Waals surface area contributed by atoms with Crippen LogP contribution in [-0.2, 0) is 0 Å². The van der Waals surface area contributed by atoms with Gasteiger partial charge in [0.15, 0.2) is 0 Å². The summed E-state index contributed by atoms with van der Waals surface area (Å²) in [5, 5.41) is 10.6. The minimum Gasteiger partial charge on any atom is -0.307 e. The molecule has 1 unspecified atom stereocenters. The average Bonchev–Trinajstić information content (AvgIpc) is 2.74. The molecular weight excluding hydrogens is 198 g/mol. The van der Waals surface area contributed by atoms with E-state index in [9.17, 15) is 0 Å². The topological polar surface area (TPSA) is 40.7 Å². The molecule has 3 nitrogen and oxygen atoms in total. The first-order valence-corrected chi connectivity index (χ1v) is 6.31. The van der Waals surface area contributed by atoms with Gasteiger partial charge < -0.3 is 5.32 Å². The molecule has 1 aromatic rings. The second-order valence-electron chi connectivity index (χ2n) is 5.86. The van der Waals surface area contributed by atoms with Crippen molar-refractivity contribution in [3.8, 4) is 0 Å².